The first-order valence-corrected chi connectivity index (χ1v) is 13.3. The first-order chi connectivity index (χ1) is 16.3. The third-order valence-electron chi connectivity index (χ3n) is 9.80. The number of allylic oxidation sites excluding steroid dienone is 2. The summed E-state index contributed by atoms with van der Waals surface area (Å²) in [5, 5.41) is 25.6. The number of hydrogen-bond donors (Lipinski definition) is 3. The lowest BCUT2D eigenvalue weighted by molar-refractivity contribution is -0.209. The van der Waals surface area contributed by atoms with Gasteiger partial charge >= 0.3 is 12.1 Å². The lowest BCUT2D eigenvalue weighted by Crippen LogP contribution is -2.63. The summed E-state index contributed by atoms with van der Waals surface area (Å²) in [6, 6.07) is 0. The Kier molecular flexibility index (Phi) is 6.90. The van der Waals surface area contributed by atoms with Crippen LogP contribution in [0.4, 0.5) is 4.79 Å². The van der Waals surface area contributed by atoms with Gasteiger partial charge in [0.2, 0.25) is 0 Å². The number of aliphatic hydroxyl groups excluding tert-OH is 1. The molecule has 4 rings (SSSR count). The van der Waals surface area contributed by atoms with Crippen LogP contribution in [0, 0.1) is 40.9 Å². The van der Waals surface area contributed by atoms with Gasteiger partial charge in [0.25, 0.3) is 0 Å². The van der Waals surface area contributed by atoms with E-state index in [1.165, 1.54) is 5.57 Å². The van der Waals surface area contributed by atoms with E-state index in [1.54, 1.807) is 6.92 Å². The van der Waals surface area contributed by atoms with E-state index in [4.69, 9.17) is 9.47 Å². The number of amides is 1. The van der Waals surface area contributed by atoms with E-state index in [0.29, 0.717) is 24.5 Å². The highest BCUT2D eigenvalue weighted by Crippen LogP contribution is 2.63. The first-order valence-electron chi connectivity index (χ1n) is 13.3. The molecular formula is C28H43NO6. The van der Waals surface area contributed by atoms with E-state index >= 15 is 0 Å². The van der Waals surface area contributed by atoms with Gasteiger partial charge in [-0.1, -0.05) is 39.0 Å². The van der Waals surface area contributed by atoms with Crippen LogP contribution in [0.5, 0.6) is 0 Å². The second-order valence-corrected chi connectivity index (χ2v) is 12.1. The number of carbonyl (C=O) groups excluding carboxylic acids is 2. The molecule has 3 aliphatic carbocycles. The first kappa shape index (κ1) is 26.2. The molecule has 4 aliphatic rings. The average molecular weight is 490 g/mol. The van der Waals surface area contributed by atoms with Gasteiger partial charge < -0.3 is 25.0 Å². The van der Waals surface area contributed by atoms with Gasteiger partial charge in [0.1, 0.15) is 17.8 Å². The number of rotatable bonds is 3. The minimum Gasteiger partial charge on any atom is -0.460 e. The Labute approximate surface area is 209 Å². The smallest absolute Gasteiger partial charge is 0.407 e. The van der Waals surface area contributed by atoms with Gasteiger partial charge in [-0.2, -0.15) is 0 Å². The normalized spacial score (nSPS) is 45.3. The van der Waals surface area contributed by atoms with Gasteiger partial charge in [0.05, 0.1) is 0 Å². The van der Waals surface area contributed by atoms with Gasteiger partial charge in [-0.25, -0.2) is 9.59 Å². The summed E-state index contributed by atoms with van der Waals surface area (Å²) in [5.41, 5.74) is 0.0476. The number of aliphatic hydroxyl groups is 2. The highest BCUT2D eigenvalue weighted by Gasteiger charge is 2.62. The van der Waals surface area contributed by atoms with E-state index < -0.39 is 29.7 Å². The summed E-state index contributed by atoms with van der Waals surface area (Å²) in [6.45, 7) is 17.4. The van der Waals surface area contributed by atoms with E-state index in [-0.39, 0.29) is 41.3 Å². The van der Waals surface area contributed by atoms with Crippen molar-refractivity contribution in [2.45, 2.75) is 91.1 Å². The van der Waals surface area contributed by atoms with E-state index in [1.807, 2.05) is 6.92 Å². The summed E-state index contributed by atoms with van der Waals surface area (Å²) >= 11 is 0. The summed E-state index contributed by atoms with van der Waals surface area (Å²) < 4.78 is 11.3. The maximum atomic E-state index is 12.5. The van der Waals surface area contributed by atoms with Crippen LogP contribution in [0.3, 0.4) is 0 Å². The van der Waals surface area contributed by atoms with Crippen molar-refractivity contribution in [3.8, 4) is 0 Å². The van der Waals surface area contributed by atoms with Crippen LogP contribution < -0.4 is 5.32 Å². The molecule has 0 radical (unpaired) electrons. The molecule has 1 heterocycles. The van der Waals surface area contributed by atoms with Crippen LogP contribution >= 0.6 is 0 Å². The number of alkyl carbamates (subject to hydrolysis) is 1. The fourth-order valence-electron chi connectivity index (χ4n) is 8.05. The number of carbonyl (C=O) groups is 2. The Morgan fingerprint density at radius 1 is 1.31 bits per heavy atom. The van der Waals surface area contributed by atoms with Crippen molar-refractivity contribution < 1.29 is 29.3 Å². The summed E-state index contributed by atoms with van der Waals surface area (Å²) in [6.07, 6.45) is 2.42. The van der Waals surface area contributed by atoms with Gasteiger partial charge in [0, 0.05) is 18.4 Å². The molecular weight excluding hydrogens is 446 g/mol. The lowest BCUT2D eigenvalue weighted by atomic mass is 9.53. The lowest BCUT2D eigenvalue weighted by Gasteiger charge is -2.54. The largest absolute Gasteiger partial charge is 0.460 e. The molecule has 0 aromatic rings. The maximum Gasteiger partial charge on any atom is 0.407 e. The molecule has 7 nitrogen and oxygen atoms in total. The summed E-state index contributed by atoms with van der Waals surface area (Å²) in [4.78, 5) is 24.8. The van der Waals surface area contributed by atoms with Crippen LogP contribution in [-0.2, 0) is 14.3 Å². The van der Waals surface area contributed by atoms with Crippen LogP contribution in [0.2, 0.25) is 0 Å². The van der Waals surface area contributed by atoms with Crippen molar-refractivity contribution >= 4 is 12.1 Å². The van der Waals surface area contributed by atoms with E-state index in [2.05, 4.69) is 45.7 Å². The van der Waals surface area contributed by atoms with Gasteiger partial charge in [0.15, 0.2) is 6.10 Å². The summed E-state index contributed by atoms with van der Waals surface area (Å²) in [5.74, 6) is -0.435. The van der Waals surface area contributed by atoms with Gasteiger partial charge in [-0.15, -0.1) is 0 Å². The Morgan fingerprint density at radius 2 is 2.00 bits per heavy atom. The molecule has 0 aromatic carbocycles. The second kappa shape index (κ2) is 9.22. The Morgan fingerprint density at radius 3 is 2.63 bits per heavy atom. The fraction of sp³-hybridized carbons (Fsp3) is 0.786. The fourth-order valence-corrected chi connectivity index (χ4v) is 8.05. The number of nitrogens with one attached hydrogen (secondary N) is 1. The molecule has 0 spiro atoms. The van der Waals surface area contributed by atoms with Crippen molar-refractivity contribution in [2.24, 2.45) is 40.9 Å². The van der Waals surface area contributed by atoms with Crippen LogP contribution in [0.15, 0.2) is 23.8 Å². The van der Waals surface area contributed by atoms with Crippen molar-refractivity contribution in [1.82, 2.24) is 5.32 Å². The Bertz CT molecular complexity index is 913. The highest BCUT2D eigenvalue weighted by molar-refractivity contribution is 5.78. The molecule has 2 saturated carbocycles. The SMILES string of the molecule is C=C1C2CC3C(C(C)C)C(OC(=O)NCC)CC3(C)CC2C(C)=CCC2C(C)OC(=O)C(O)C12O. The molecule has 3 fully saturated rings. The van der Waals surface area contributed by atoms with Crippen molar-refractivity contribution in [3.05, 3.63) is 23.8 Å². The van der Waals surface area contributed by atoms with Crippen LogP contribution in [0.1, 0.15) is 67.2 Å². The van der Waals surface area contributed by atoms with Gasteiger partial charge in [-0.05, 0) is 81.1 Å². The minimum atomic E-state index is -1.73. The van der Waals surface area contributed by atoms with Crippen LogP contribution in [-0.4, -0.2) is 52.7 Å². The van der Waals surface area contributed by atoms with Gasteiger partial charge in [-0.3, -0.25) is 0 Å². The molecule has 10 unspecified atom stereocenters. The molecule has 1 aliphatic heterocycles. The minimum absolute atomic E-state index is 0.0265. The molecule has 1 saturated heterocycles. The molecule has 3 N–H and O–H groups in total. The van der Waals surface area contributed by atoms with Crippen LogP contribution in [0.25, 0.3) is 0 Å². The molecule has 10 atom stereocenters. The second-order valence-electron chi connectivity index (χ2n) is 12.1. The molecule has 196 valence electrons. The monoisotopic (exact) mass is 489 g/mol. The molecule has 35 heavy (non-hydrogen) atoms. The number of hydrogen-bond acceptors (Lipinski definition) is 6. The molecule has 1 amide bonds. The predicted octanol–water partition coefficient (Wildman–Crippen LogP) is 3.99. The number of cyclic esters (lactones) is 1. The maximum absolute atomic E-state index is 12.5. The molecule has 0 bridgehead atoms. The summed E-state index contributed by atoms with van der Waals surface area (Å²) in [7, 11) is 0. The number of esters is 1. The van der Waals surface area contributed by atoms with E-state index in [0.717, 1.165) is 19.3 Å². The topological polar surface area (TPSA) is 105 Å². The zero-order chi connectivity index (χ0) is 25.9. The molecule has 0 aromatic heterocycles. The zero-order valence-corrected chi connectivity index (χ0v) is 22.0. The van der Waals surface area contributed by atoms with Crippen molar-refractivity contribution in [2.75, 3.05) is 6.54 Å². The molecule has 7 heteroatoms. The third kappa shape index (κ3) is 4.12. The highest BCUT2D eigenvalue weighted by atomic mass is 16.6. The average Bonchev–Trinajstić information content (AvgIpc) is 3.06. The Hall–Kier alpha value is -1.86. The van der Waals surface area contributed by atoms with Crippen molar-refractivity contribution in [3.63, 3.8) is 0 Å². The van der Waals surface area contributed by atoms with Crippen molar-refractivity contribution in [1.29, 1.82) is 0 Å². The third-order valence-corrected chi connectivity index (χ3v) is 9.80. The zero-order valence-electron chi connectivity index (χ0n) is 22.0. The predicted molar refractivity (Wildman–Crippen MR) is 132 cm³/mol. The Balaban J connectivity index is 1.72. The quantitative estimate of drug-likeness (QED) is 0.409. The number of ether oxygens (including phenoxy) is 2. The standard InChI is InChI=1S/C28H43NO6/c1-8-29-26(32)35-22-13-27(7)12-19-15(4)9-10-20-17(6)34-25(31)24(30)28(20,33)16(5)18(19)11-21(27)23(22)14(2)3/h9,14,17-24,30,33H,5,8,10-13H2,1-4,6-7H3,(H,29,32). The van der Waals surface area contributed by atoms with E-state index in [9.17, 15) is 19.8 Å². The number of fused-ring (bicyclic) bond motifs is 3.